The van der Waals surface area contributed by atoms with Crippen LogP contribution in [0.5, 0.6) is 0 Å². The molecule has 0 aliphatic carbocycles. The SMILES string of the molecule is CC(=O)N(C)C(Cc1cccc(Br)c1)C(=O)O. The summed E-state index contributed by atoms with van der Waals surface area (Å²) in [7, 11) is 1.50. The third kappa shape index (κ3) is 3.85. The van der Waals surface area contributed by atoms with E-state index in [1.165, 1.54) is 18.9 Å². The fraction of sp³-hybridized carbons (Fsp3) is 0.333. The van der Waals surface area contributed by atoms with Gasteiger partial charge in [0, 0.05) is 24.9 Å². The first-order valence-electron chi connectivity index (χ1n) is 5.12. The van der Waals surface area contributed by atoms with E-state index in [9.17, 15) is 9.59 Å². The van der Waals surface area contributed by atoms with Crippen LogP contribution in [-0.2, 0) is 16.0 Å². The molecule has 0 aromatic heterocycles. The zero-order chi connectivity index (χ0) is 13.0. The van der Waals surface area contributed by atoms with Crippen molar-refractivity contribution in [2.24, 2.45) is 0 Å². The van der Waals surface area contributed by atoms with E-state index in [0.29, 0.717) is 6.42 Å². The number of rotatable bonds is 4. The van der Waals surface area contributed by atoms with Crippen LogP contribution in [0, 0.1) is 0 Å². The van der Waals surface area contributed by atoms with Crippen LogP contribution in [0.4, 0.5) is 0 Å². The summed E-state index contributed by atoms with van der Waals surface area (Å²) in [5, 5.41) is 9.12. The molecule has 1 unspecified atom stereocenters. The highest BCUT2D eigenvalue weighted by molar-refractivity contribution is 9.10. The molecule has 0 aliphatic rings. The van der Waals surface area contributed by atoms with Crippen molar-refractivity contribution in [1.82, 2.24) is 4.90 Å². The van der Waals surface area contributed by atoms with Crippen LogP contribution >= 0.6 is 15.9 Å². The van der Waals surface area contributed by atoms with Crippen molar-refractivity contribution in [2.45, 2.75) is 19.4 Å². The average Bonchev–Trinajstić information content (AvgIpc) is 2.24. The maximum Gasteiger partial charge on any atom is 0.326 e. The number of carbonyl (C=O) groups excluding carboxylic acids is 1. The van der Waals surface area contributed by atoms with Crippen LogP contribution in [0.1, 0.15) is 12.5 Å². The maximum atomic E-state index is 11.2. The summed E-state index contributed by atoms with van der Waals surface area (Å²) < 4.78 is 0.893. The smallest absolute Gasteiger partial charge is 0.326 e. The molecule has 1 rings (SSSR count). The molecule has 1 aromatic carbocycles. The molecule has 1 amide bonds. The third-order valence-electron chi connectivity index (χ3n) is 2.57. The van der Waals surface area contributed by atoms with Crippen LogP contribution in [0.2, 0.25) is 0 Å². The van der Waals surface area contributed by atoms with E-state index in [1.807, 2.05) is 24.3 Å². The number of benzene rings is 1. The lowest BCUT2D eigenvalue weighted by molar-refractivity contribution is -0.148. The first-order chi connectivity index (χ1) is 7.91. The summed E-state index contributed by atoms with van der Waals surface area (Å²) in [6.45, 7) is 1.36. The number of likely N-dealkylation sites (N-methyl/N-ethyl adjacent to an activating group) is 1. The third-order valence-corrected chi connectivity index (χ3v) is 3.06. The van der Waals surface area contributed by atoms with Crippen LogP contribution in [0.15, 0.2) is 28.7 Å². The van der Waals surface area contributed by atoms with Gasteiger partial charge in [0.25, 0.3) is 0 Å². The molecule has 5 heteroatoms. The second kappa shape index (κ2) is 5.82. The van der Waals surface area contributed by atoms with Gasteiger partial charge >= 0.3 is 5.97 Å². The Morgan fingerprint density at radius 3 is 2.59 bits per heavy atom. The van der Waals surface area contributed by atoms with Crippen LogP contribution in [-0.4, -0.2) is 35.0 Å². The van der Waals surface area contributed by atoms with Gasteiger partial charge < -0.3 is 10.0 Å². The van der Waals surface area contributed by atoms with Gasteiger partial charge in [0.2, 0.25) is 5.91 Å². The van der Waals surface area contributed by atoms with E-state index in [2.05, 4.69) is 15.9 Å². The van der Waals surface area contributed by atoms with Crippen molar-refractivity contribution in [3.63, 3.8) is 0 Å². The Morgan fingerprint density at radius 1 is 1.47 bits per heavy atom. The molecule has 0 aliphatic heterocycles. The fourth-order valence-electron chi connectivity index (χ4n) is 1.50. The Balaban J connectivity index is 2.88. The largest absolute Gasteiger partial charge is 0.480 e. The van der Waals surface area contributed by atoms with Gasteiger partial charge in [0.1, 0.15) is 6.04 Å². The molecular weight excluding hydrogens is 286 g/mol. The number of carboxylic acids is 1. The Morgan fingerprint density at radius 2 is 2.12 bits per heavy atom. The lowest BCUT2D eigenvalue weighted by atomic mass is 10.1. The summed E-state index contributed by atoms with van der Waals surface area (Å²) in [5.74, 6) is -1.25. The Bertz CT molecular complexity index is 434. The van der Waals surface area contributed by atoms with Gasteiger partial charge in [-0.3, -0.25) is 4.79 Å². The summed E-state index contributed by atoms with van der Waals surface area (Å²) in [5.41, 5.74) is 0.875. The van der Waals surface area contributed by atoms with E-state index >= 15 is 0 Å². The molecule has 1 N–H and O–H groups in total. The molecule has 0 heterocycles. The van der Waals surface area contributed by atoms with Crippen LogP contribution < -0.4 is 0 Å². The summed E-state index contributed by atoms with van der Waals surface area (Å²) in [6.07, 6.45) is 0.296. The topological polar surface area (TPSA) is 57.6 Å². The standard InChI is InChI=1S/C12H14BrNO3/c1-8(15)14(2)11(12(16)17)7-9-4-3-5-10(13)6-9/h3-6,11H,7H2,1-2H3,(H,16,17). The van der Waals surface area contributed by atoms with Gasteiger partial charge in [-0.15, -0.1) is 0 Å². The number of halogens is 1. The monoisotopic (exact) mass is 299 g/mol. The molecule has 17 heavy (non-hydrogen) atoms. The Hall–Kier alpha value is -1.36. The van der Waals surface area contributed by atoms with Crippen LogP contribution in [0.25, 0.3) is 0 Å². The molecule has 1 atom stereocenters. The van der Waals surface area contributed by atoms with E-state index < -0.39 is 12.0 Å². The Labute approximate surface area is 108 Å². The Kier molecular flexibility index (Phi) is 4.69. The first kappa shape index (κ1) is 13.7. The predicted octanol–water partition coefficient (Wildman–Crippen LogP) is 1.92. The van der Waals surface area contributed by atoms with E-state index in [1.54, 1.807) is 0 Å². The number of amides is 1. The number of aliphatic carboxylic acids is 1. The fourth-order valence-corrected chi connectivity index (χ4v) is 1.94. The van der Waals surface area contributed by atoms with Gasteiger partial charge in [-0.1, -0.05) is 28.1 Å². The zero-order valence-electron chi connectivity index (χ0n) is 9.68. The summed E-state index contributed by atoms with van der Waals surface area (Å²) in [6, 6.07) is 6.57. The maximum absolute atomic E-state index is 11.2. The molecule has 1 aromatic rings. The minimum absolute atomic E-state index is 0.257. The van der Waals surface area contributed by atoms with E-state index in [0.717, 1.165) is 10.0 Å². The van der Waals surface area contributed by atoms with Crippen molar-refractivity contribution < 1.29 is 14.7 Å². The molecule has 0 spiro atoms. The number of carboxylic acid groups (broad SMARTS) is 1. The normalized spacial score (nSPS) is 11.9. The molecule has 0 bridgehead atoms. The van der Waals surface area contributed by atoms with Crippen molar-refractivity contribution in [3.05, 3.63) is 34.3 Å². The van der Waals surface area contributed by atoms with E-state index in [4.69, 9.17) is 5.11 Å². The molecule has 0 saturated heterocycles. The minimum Gasteiger partial charge on any atom is -0.480 e. The number of hydrogen-bond acceptors (Lipinski definition) is 2. The first-order valence-corrected chi connectivity index (χ1v) is 5.91. The van der Waals surface area contributed by atoms with Crippen molar-refractivity contribution >= 4 is 27.8 Å². The molecular formula is C12H14BrNO3. The van der Waals surface area contributed by atoms with Gasteiger partial charge in [-0.2, -0.15) is 0 Å². The summed E-state index contributed by atoms with van der Waals surface area (Å²) >= 11 is 3.33. The highest BCUT2D eigenvalue weighted by atomic mass is 79.9. The molecule has 0 fully saturated rings. The molecule has 0 radical (unpaired) electrons. The second-order valence-corrected chi connectivity index (χ2v) is 4.73. The lowest BCUT2D eigenvalue weighted by Crippen LogP contribution is -2.42. The van der Waals surface area contributed by atoms with Gasteiger partial charge in [-0.05, 0) is 17.7 Å². The minimum atomic E-state index is -0.998. The average molecular weight is 300 g/mol. The molecule has 4 nitrogen and oxygen atoms in total. The highest BCUT2D eigenvalue weighted by Crippen LogP contribution is 2.15. The summed E-state index contributed by atoms with van der Waals surface area (Å²) in [4.78, 5) is 23.6. The number of carbonyl (C=O) groups is 2. The van der Waals surface area contributed by atoms with Crippen LogP contribution in [0.3, 0.4) is 0 Å². The van der Waals surface area contributed by atoms with E-state index in [-0.39, 0.29) is 5.91 Å². The van der Waals surface area contributed by atoms with Gasteiger partial charge in [0.15, 0.2) is 0 Å². The lowest BCUT2D eigenvalue weighted by Gasteiger charge is -2.23. The van der Waals surface area contributed by atoms with Crippen molar-refractivity contribution in [3.8, 4) is 0 Å². The quantitative estimate of drug-likeness (QED) is 0.924. The van der Waals surface area contributed by atoms with Crippen molar-refractivity contribution in [2.75, 3.05) is 7.05 Å². The number of nitrogens with zero attached hydrogens (tertiary/aromatic N) is 1. The second-order valence-electron chi connectivity index (χ2n) is 3.82. The number of hydrogen-bond donors (Lipinski definition) is 1. The molecule has 0 saturated carbocycles. The zero-order valence-corrected chi connectivity index (χ0v) is 11.3. The van der Waals surface area contributed by atoms with Gasteiger partial charge in [0.05, 0.1) is 0 Å². The van der Waals surface area contributed by atoms with Crippen molar-refractivity contribution in [1.29, 1.82) is 0 Å². The highest BCUT2D eigenvalue weighted by Gasteiger charge is 2.24. The molecule has 92 valence electrons. The van der Waals surface area contributed by atoms with Gasteiger partial charge in [-0.25, -0.2) is 4.79 Å². The predicted molar refractivity (Wildman–Crippen MR) is 67.7 cm³/mol.